The summed E-state index contributed by atoms with van der Waals surface area (Å²) in [5.41, 5.74) is 1.82. The summed E-state index contributed by atoms with van der Waals surface area (Å²) in [4.78, 5) is 15.3. The summed E-state index contributed by atoms with van der Waals surface area (Å²) in [6, 6.07) is 5.01. The predicted octanol–water partition coefficient (Wildman–Crippen LogP) is 2.00. The van der Waals surface area contributed by atoms with Crippen LogP contribution in [0.2, 0.25) is 0 Å². The van der Waals surface area contributed by atoms with E-state index < -0.39 is 0 Å². The highest BCUT2D eigenvalue weighted by atomic mass is 16.5. The van der Waals surface area contributed by atoms with Crippen molar-refractivity contribution < 1.29 is 13.9 Å². The van der Waals surface area contributed by atoms with Gasteiger partial charge in [0.1, 0.15) is 5.52 Å². The first kappa shape index (κ1) is 8.74. The Kier molecular flexibility index (Phi) is 2.18. The van der Waals surface area contributed by atoms with Gasteiger partial charge in [-0.05, 0) is 25.1 Å². The number of aromatic nitrogens is 1. The number of fused-ring (bicyclic) bond motifs is 1. The molecule has 0 saturated heterocycles. The molecule has 0 atom stereocenters. The molecule has 0 bridgehead atoms. The van der Waals surface area contributed by atoms with E-state index in [1.807, 2.05) is 0 Å². The van der Waals surface area contributed by atoms with Crippen LogP contribution in [0.15, 0.2) is 29.0 Å². The van der Waals surface area contributed by atoms with Crippen LogP contribution in [-0.4, -0.2) is 17.6 Å². The highest BCUT2D eigenvalue weighted by Crippen LogP contribution is 2.14. The number of nitrogens with zero attached hydrogens (tertiary/aromatic N) is 1. The molecule has 72 valence electrons. The van der Waals surface area contributed by atoms with Crippen molar-refractivity contribution in [2.24, 2.45) is 0 Å². The summed E-state index contributed by atoms with van der Waals surface area (Å²) < 4.78 is 9.91. The molecule has 1 aromatic carbocycles. The molecule has 0 aliphatic heterocycles. The smallest absolute Gasteiger partial charge is 0.338 e. The molecular weight excluding hydrogens is 182 g/mol. The van der Waals surface area contributed by atoms with Gasteiger partial charge in [-0.15, -0.1) is 0 Å². The second kappa shape index (κ2) is 3.49. The van der Waals surface area contributed by atoms with Gasteiger partial charge < -0.3 is 9.15 Å². The minimum Gasteiger partial charge on any atom is -0.462 e. The summed E-state index contributed by atoms with van der Waals surface area (Å²) in [5, 5.41) is 0. The van der Waals surface area contributed by atoms with Crippen molar-refractivity contribution in [2.75, 3.05) is 6.61 Å². The zero-order valence-electron chi connectivity index (χ0n) is 7.69. The van der Waals surface area contributed by atoms with Gasteiger partial charge in [-0.3, -0.25) is 0 Å². The molecule has 4 nitrogen and oxygen atoms in total. The fourth-order valence-corrected chi connectivity index (χ4v) is 1.20. The normalized spacial score (nSPS) is 10.4. The Labute approximate surface area is 80.5 Å². The molecule has 0 radical (unpaired) electrons. The highest BCUT2D eigenvalue weighted by Gasteiger charge is 2.08. The van der Waals surface area contributed by atoms with Crippen molar-refractivity contribution in [1.82, 2.24) is 4.98 Å². The topological polar surface area (TPSA) is 52.3 Å². The summed E-state index contributed by atoms with van der Waals surface area (Å²) >= 11 is 0. The number of hydrogen-bond donors (Lipinski definition) is 0. The van der Waals surface area contributed by atoms with Gasteiger partial charge in [0.05, 0.1) is 12.2 Å². The van der Waals surface area contributed by atoms with Crippen molar-refractivity contribution in [3.8, 4) is 0 Å². The third-order valence-electron chi connectivity index (χ3n) is 1.84. The number of carbonyl (C=O) groups excluding carboxylic acids is 1. The Balaban J connectivity index is 2.38. The lowest BCUT2D eigenvalue weighted by Crippen LogP contribution is -2.03. The average molecular weight is 191 g/mol. The van der Waals surface area contributed by atoms with Gasteiger partial charge >= 0.3 is 5.97 Å². The van der Waals surface area contributed by atoms with E-state index in [1.54, 1.807) is 25.1 Å². The van der Waals surface area contributed by atoms with Gasteiger partial charge in [0, 0.05) is 0 Å². The van der Waals surface area contributed by atoms with Crippen LogP contribution in [-0.2, 0) is 4.74 Å². The standard InChI is InChI=1S/C10H9NO3/c1-2-13-10(12)7-3-4-9-8(5-7)11-6-14-9/h3-6H,2H2,1H3. The minimum absolute atomic E-state index is 0.336. The third kappa shape index (κ3) is 1.46. The first-order valence-electron chi connectivity index (χ1n) is 4.31. The fourth-order valence-electron chi connectivity index (χ4n) is 1.20. The number of rotatable bonds is 2. The van der Waals surface area contributed by atoms with E-state index in [-0.39, 0.29) is 5.97 Å². The molecule has 0 spiro atoms. The van der Waals surface area contributed by atoms with Crippen molar-refractivity contribution in [1.29, 1.82) is 0 Å². The average Bonchev–Trinajstić information content (AvgIpc) is 2.64. The van der Waals surface area contributed by atoms with Crippen LogP contribution >= 0.6 is 0 Å². The zero-order chi connectivity index (χ0) is 9.97. The molecule has 1 heterocycles. The maximum absolute atomic E-state index is 11.3. The first-order valence-corrected chi connectivity index (χ1v) is 4.31. The lowest BCUT2D eigenvalue weighted by atomic mass is 10.2. The maximum Gasteiger partial charge on any atom is 0.338 e. The maximum atomic E-state index is 11.3. The van der Waals surface area contributed by atoms with Crippen molar-refractivity contribution >= 4 is 17.1 Å². The molecule has 0 amide bonds. The fraction of sp³-hybridized carbons (Fsp3) is 0.200. The summed E-state index contributed by atoms with van der Waals surface area (Å²) in [5.74, 6) is -0.336. The van der Waals surface area contributed by atoms with Gasteiger partial charge in [-0.1, -0.05) is 0 Å². The Hall–Kier alpha value is -1.84. The minimum atomic E-state index is -0.336. The van der Waals surface area contributed by atoms with Crippen LogP contribution in [0.5, 0.6) is 0 Å². The van der Waals surface area contributed by atoms with Crippen LogP contribution in [0.4, 0.5) is 0 Å². The van der Waals surface area contributed by atoms with Crippen molar-refractivity contribution in [3.05, 3.63) is 30.2 Å². The van der Waals surface area contributed by atoms with Gasteiger partial charge in [-0.2, -0.15) is 0 Å². The molecule has 0 fully saturated rings. The second-order valence-electron chi connectivity index (χ2n) is 2.76. The Bertz CT molecular complexity index is 461. The van der Waals surface area contributed by atoms with E-state index in [1.165, 1.54) is 6.39 Å². The first-order chi connectivity index (χ1) is 6.81. The lowest BCUT2D eigenvalue weighted by Gasteiger charge is -2.00. The van der Waals surface area contributed by atoms with E-state index in [4.69, 9.17) is 9.15 Å². The Morgan fingerprint density at radius 1 is 1.57 bits per heavy atom. The molecule has 2 aromatic rings. The van der Waals surface area contributed by atoms with Gasteiger partial charge in [-0.25, -0.2) is 9.78 Å². The molecule has 4 heteroatoms. The number of carbonyl (C=O) groups is 1. The van der Waals surface area contributed by atoms with E-state index >= 15 is 0 Å². The second-order valence-corrected chi connectivity index (χ2v) is 2.76. The molecule has 0 N–H and O–H groups in total. The molecule has 1 aromatic heterocycles. The van der Waals surface area contributed by atoms with Gasteiger partial charge in [0.25, 0.3) is 0 Å². The summed E-state index contributed by atoms with van der Waals surface area (Å²) in [7, 11) is 0. The number of ether oxygens (including phenoxy) is 1. The monoisotopic (exact) mass is 191 g/mol. The predicted molar refractivity (Wildman–Crippen MR) is 50.0 cm³/mol. The lowest BCUT2D eigenvalue weighted by molar-refractivity contribution is 0.0526. The molecular formula is C10H9NO3. The van der Waals surface area contributed by atoms with Gasteiger partial charge in [0.2, 0.25) is 0 Å². The van der Waals surface area contributed by atoms with Crippen LogP contribution in [0.3, 0.4) is 0 Å². The van der Waals surface area contributed by atoms with Crippen LogP contribution in [0.1, 0.15) is 17.3 Å². The molecule has 0 aliphatic rings. The van der Waals surface area contributed by atoms with Crippen molar-refractivity contribution in [3.63, 3.8) is 0 Å². The largest absolute Gasteiger partial charge is 0.462 e. The molecule has 0 unspecified atom stereocenters. The van der Waals surface area contributed by atoms with E-state index in [2.05, 4.69) is 4.98 Å². The zero-order valence-corrected chi connectivity index (χ0v) is 7.69. The molecule has 0 saturated carbocycles. The van der Waals surface area contributed by atoms with E-state index in [9.17, 15) is 4.79 Å². The van der Waals surface area contributed by atoms with Crippen molar-refractivity contribution in [2.45, 2.75) is 6.92 Å². The van der Waals surface area contributed by atoms with Crippen LogP contribution in [0.25, 0.3) is 11.1 Å². The third-order valence-corrected chi connectivity index (χ3v) is 1.84. The number of benzene rings is 1. The Morgan fingerprint density at radius 3 is 3.21 bits per heavy atom. The van der Waals surface area contributed by atoms with E-state index in [0.29, 0.717) is 23.3 Å². The highest BCUT2D eigenvalue weighted by molar-refractivity contribution is 5.93. The van der Waals surface area contributed by atoms with Gasteiger partial charge in [0.15, 0.2) is 12.0 Å². The number of oxazole rings is 1. The number of esters is 1. The SMILES string of the molecule is CCOC(=O)c1ccc2ocnc2c1. The molecule has 2 rings (SSSR count). The quantitative estimate of drug-likeness (QED) is 0.681. The van der Waals surface area contributed by atoms with Crippen LogP contribution in [0, 0.1) is 0 Å². The summed E-state index contributed by atoms with van der Waals surface area (Å²) in [6.45, 7) is 2.14. The summed E-state index contributed by atoms with van der Waals surface area (Å²) in [6.07, 6.45) is 1.35. The van der Waals surface area contributed by atoms with E-state index in [0.717, 1.165) is 0 Å². The Morgan fingerprint density at radius 2 is 2.43 bits per heavy atom. The molecule has 14 heavy (non-hydrogen) atoms. The molecule has 0 aliphatic carbocycles. The van der Waals surface area contributed by atoms with Crippen LogP contribution < -0.4 is 0 Å². The number of hydrogen-bond acceptors (Lipinski definition) is 4.